The van der Waals surface area contributed by atoms with E-state index in [1.807, 2.05) is 0 Å². The average molecular weight is 502 g/mol. The number of carbonyl (C=O) groups excluding carboxylic acids is 2. The first kappa shape index (κ1) is 23.4. The largest absolute Gasteiger partial charge is 0.476 e. The summed E-state index contributed by atoms with van der Waals surface area (Å²) >= 11 is 0.485. The number of pyridine rings is 2. The van der Waals surface area contributed by atoms with E-state index in [1.165, 1.54) is 42.9 Å². The number of anilines is 2. The molecule has 0 unspecified atom stereocenters. The van der Waals surface area contributed by atoms with E-state index in [0.717, 1.165) is 25.7 Å². The molecule has 0 aromatic carbocycles. The molecule has 0 atom stereocenters. The van der Waals surface area contributed by atoms with Gasteiger partial charge in [0.15, 0.2) is 25.8 Å². The minimum Gasteiger partial charge on any atom is -0.476 e. The topological polar surface area (TPSA) is 168 Å². The van der Waals surface area contributed by atoms with Crippen LogP contribution < -0.4 is 10.6 Å². The molecule has 0 radical (unpaired) electrons. The molecule has 0 aliphatic heterocycles. The van der Waals surface area contributed by atoms with Crippen LogP contribution in [0.4, 0.5) is 15.6 Å². The summed E-state index contributed by atoms with van der Waals surface area (Å²) in [5.41, 5.74) is -0.224. The molecule has 1 aliphatic carbocycles. The van der Waals surface area contributed by atoms with Gasteiger partial charge in [-0.2, -0.15) is 0 Å². The number of sulfone groups is 1. The van der Waals surface area contributed by atoms with Crippen LogP contribution in [-0.2, 0) is 9.84 Å². The first-order valence-corrected chi connectivity index (χ1v) is 12.5. The predicted octanol–water partition coefficient (Wildman–Crippen LogP) is 3.48. The molecule has 4 rings (SSSR count). The summed E-state index contributed by atoms with van der Waals surface area (Å²) in [7, 11) is -4.28. The second-order valence-electron chi connectivity index (χ2n) is 7.48. The van der Waals surface area contributed by atoms with Crippen LogP contribution in [0.5, 0.6) is 0 Å². The number of urea groups is 1. The van der Waals surface area contributed by atoms with Crippen molar-refractivity contribution in [3.8, 4) is 0 Å². The number of nitrogens with one attached hydrogen (secondary N) is 2. The number of amides is 2. The molecular weight excluding hydrogens is 482 g/mol. The number of thiazole rings is 1. The van der Waals surface area contributed by atoms with E-state index < -0.39 is 31.7 Å². The average Bonchev–Trinajstić information content (AvgIpc) is 3.50. The molecule has 3 aromatic heterocycles. The Morgan fingerprint density at radius 3 is 2.50 bits per heavy atom. The van der Waals surface area contributed by atoms with Crippen LogP contribution >= 0.6 is 11.3 Å². The second kappa shape index (κ2) is 9.65. The van der Waals surface area contributed by atoms with Gasteiger partial charge in [-0.05, 0) is 31.0 Å². The molecule has 13 heteroatoms. The van der Waals surface area contributed by atoms with Gasteiger partial charge in [0.2, 0.25) is 9.84 Å². The van der Waals surface area contributed by atoms with Crippen LogP contribution in [0.15, 0.2) is 52.1 Å². The maximum absolute atomic E-state index is 12.9. The van der Waals surface area contributed by atoms with E-state index in [9.17, 15) is 27.9 Å². The lowest BCUT2D eigenvalue weighted by molar-refractivity contribution is 0.0687. The summed E-state index contributed by atoms with van der Waals surface area (Å²) in [4.78, 5) is 48.5. The van der Waals surface area contributed by atoms with E-state index in [0.29, 0.717) is 16.9 Å². The number of nitrogens with zero attached hydrogens (tertiary/aromatic N) is 3. The zero-order chi connectivity index (χ0) is 24.3. The van der Waals surface area contributed by atoms with Crippen molar-refractivity contribution in [2.24, 2.45) is 5.92 Å². The Bertz CT molecular complexity index is 1350. The van der Waals surface area contributed by atoms with Crippen molar-refractivity contribution in [1.29, 1.82) is 0 Å². The lowest BCUT2D eigenvalue weighted by Gasteiger charge is -2.13. The Morgan fingerprint density at radius 2 is 1.82 bits per heavy atom. The fourth-order valence-corrected chi connectivity index (χ4v) is 6.30. The summed E-state index contributed by atoms with van der Waals surface area (Å²) in [6.45, 7) is 0. The highest BCUT2D eigenvalue weighted by molar-refractivity contribution is 7.93. The van der Waals surface area contributed by atoms with Gasteiger partial charge >= 0.3 is 12.0 Å². The molecule has 0 bridgehead atoms. The maximum Gasteiger partial charge on any atom is 0.356 e. The molecule has 11 nitrogen and oxygen atoms in total. The van der Waals surface area contributed by atoms with Gasteiger partial charge in [-0.1, -0.05) is 30.2 Å². The van der Waals surface area contributed by atoms with Crippen molar-refractivity contribution >= 4 is 49.8 Å². The maximum atomic E-state index is 12.9. The lowest BCUT2D eigenvalue weighted by Crippen LogP contribution is -2.22. The van der Waals surface area contributed by atoms with Crippen molar-refractivity contribution in [3.05, 3.63) is 54.1 Å². The van der Waals surface area contributed by atoms with Gasteiger partial charge in [0.05, 0.1) is 11.9 Å². The number of ketones is 1. The summed E-state index contributed by atoms with van der Waals surface area (Å²) in [6, 6.07) is 4.89. The number of Topliss-reactive ketones (excluding diaryl/α,β-unsaturated/α-hetero) is 1. The van der Waals surface area contributed by atoms with Crippen LogP contribution in [0, 0.1) is 5.92 Å². The molecule has 3 N–H and O–H groups in total. The van der Waals surface area contributed by atoms with Gasteiger partial charge in [-0.15, -0.1) is 0 Å². The second-order valence-corrected chi connectivity index (χ2v) is 10.6. The molecule has 1 fully saturated rings. The van der Waals surface area contributed by atoms with Crippen molar-refractivity contribution in [3.63, 3.8) is 0 Å². The molecule has 34 heavy (non-hydrogen) atoms. The van der Waals surface area contributed by atoms with E-state index in [4.69, 9.17) is 0 Å². The predicted molar refractivity (Wildman–Crippen MR) is 122 cm³/mol. The first-order valence-electron chi connectivity index (χ1n) is 10.2. The monoisotopic (exact) mass is 501 g/mol. The number of carboxylic acid groups (broad SMARTS) is 1. The van der Waals surface area contributed by atoms with Gasteiger partial charge in [-0.25, -0.2) is 28.0 Å². The van der Waals surface area contributed by atoms with Crippen LogP contribution in [0.1, 0.15) is 46.5 Å². The Kier molecular flexibility index (Phi) is 6.65. The fourth-order valence-electron chi connectivity index (χ4n) is 3.65. The summed E-state index contributed by atoms with van der Waals surface area (Å²) in [5.74, 6) is -1.76. The molecule has 3 aromatic rings. The van der Waals surface area contributed by atoms with Crippen molar-refractivity contribution < 1.29 is 27.9 Å². The first-order chi connectivity index (χ1) is 16.3. The smallest absolute Gasteiger partial charge is 0.356 e. The molecule has 2 amide bonds. The number of aromatic carboxylic acids is 1. The van der Waals surface area contributed by atoms with E-state index in [1.54, 1.807) is 0 Å². The molecule has 0 spiro atoms. The Balaban J connectivity index is 1.57. The molecule has 1 aliphatic rings. The van der Waals surface area contributed by atoms with Crippen LogP contribution in [0.2, 0.25) is 0 Å². The Hall–Kier alpha value is -3.71. The number of aromatic nitrogens is 3. The lowest BCUT2D eigenvalue weighted by atomic mass is 9.96. The van der Waals surface area contributed by atoms with Gasteiger partial charge in [-0.3, -0.25) is 15.1 Å². The molecule has 176 valence electrons. The third-order valence-corrected chi connectivity index (χ3v) is 8.38. The zero-order valence-electron chi connectivity index (χ0n) is 17.6. The third kappa shape index (κ3) is 4.79. The summed E-state index contributed by atoms with van der Waals surface area (Å²) in [6.07, 6.45) is 7.59. The highest BCUT2D eigenvalue weighted by Gasteiger charge is 2.31. The quantitative estimate of drug-likeness (QED) is 0.410. The molecule has 1 saturated carbocycles. The number of rotatable bonds is 7. The van der Waals surface area contributed by atoms with E-state index in [2.05, 4.69) is 25.6 Å². The summed E-state index contributed by atoms with van der Waals surface area (Å²) < 4.78 is 25.2. The molecule has 3 heterocycles. The van der Waals surface area contributed by atoms with Crippen LogP contribution in [0.25, 0.3) is 0 Å². The third-order valence-electron chi connectivity index (χ3n) is 5.24. The van der Waals surface area contributed by atoms with Crippen molar-refractivity contribution in [1.82, 2.24) is 15.0 Å². The van der Waals surface area contributed by atoms with Gasteiger partial charge in [0.25, 0.3) is 0 Å². The van der Waals surface area contributed by atoms with E-state index in [-0.39, 0.29) is 27.5 Å². The fraction of sp³-hybridized carbons (Fsp3) is 0.238. The normalized spacial score (nSPS) is 14.0. The van der Waals surface area contributed by atoms with Crippen LogP contribution in [0.3, 0.4) is 0 Å². The standard InChI is InChI=1S/C21H19N5O6S2/c27-17(12-5-1-2-6-12)13-8-10-22-11-14(13)24-20(30)26-21-25-16(18(28)29)19(33-21)34(31,32)15-7-3-4-9-23-15/h3-4,7-12H,1-2,5-6H2,(H,28,29)(H2,24,25,26,30). The van der Waals surface area contributed by atoms with Gasteiger partial charge in [0, 0.05) is 23.9 Å². The minimum atomic E-state index is -4.28. The Morgan fingerprint density at radius 1 is 1.06 bits per heavy atom. The number of carboxylic acids is 1. The van der Waals surface area contributed by atoms with Gasteiger partial charge in [0.1, 0.15) is 0 Å². The minimum absolute atomic E-state index is 0.0821. The summed E-state index contributed by atoms with van der Waals surface area (Å²) in [5, 5.41) is 13.7. The van der Waals surface area contributed by atoms with Crippen molar-refractivity contribution in [2.75, 3.05) is 10.6 Å². The zero-order valence-corrected chi connectivity index (χ0v) is 19.2. The Labute approximate surface area is 198 Å². The van der Waals surface area contributed by atoms with Gasteiger partial charge < -0.3 is 10.4 Å². The SMILES string of the molecule is O=C(Nc1nc(C(=O)O)c(S(=O)(=O)c2ccccn2)s1)Nc1cnccc1C(=O)C1CCCC1. The van der Waals surface area contributed by atoms with Crippen LogP contribution in [-0.4, -0.2) is 46.3 Å². The molecular formula is C21H19N5O6S2. The number of hydrogen-bond donors (Lipinski definition) is 3. The number of hydrogen-bond acceptors (Lipinski definition) is 9. The highest BCUT2D eigenvalue weighted by Crippen LogP contribution is 2.32. The molecule has 0 saturated heterocycles. The number of carbonyl (C=O) groups is 3. The van der Waals surface area contributed by atoms with Crippen molar-refractivity contribution in [2.45, 2.75) is 34.9 Å². The highest BCUT2D eigenvalue weighted by atomic mass is 32.2. The van der Waals surface area contributed by atoms with E-state index >= 15 is 0 Å².